The smallest absolute Gasteiger partial charge is 0.257 e. The predicted octanol–water partition coefficient (Wildman–Crippen LogP) is 4.79. The number of benzene rings is 2. The van der Waals surface area contributed by atoms with Crippen molar-refractivity contribution in [1.82, 2.24) is 14.8 Å². The molecule has 1 N–H and O–H groups in total. The van der Waals surface area contributed by atoms with Crippen molar-refractivity contribution in [3.63, 3.8) is 0 Å². The van der Waals surface area contributed by atoms with Gasteiger partial charge in [-0.3, -0.25) is 4.79 Å². The summed E-state index contributed by atoms with van der Waals surface area (Å²) in [4.78, 5) is 18.2. The molecule has 33 heavy (non-hydrogen) atoms. The molecule has 0 aliphatic heterocycles. The van der Waals surface area contributed by atoms with Gasteiger partial charge in [0.15, 0.2) is 11.5 Å². The van der Waals surface area contributed by atoms with Gasteiger partial charge in [0.25, 0.3) is 5.91 Å². The minimum Gasteiger partial charge on any atom is -0.493 e. The Labute approximate surface area is 192 Å². The highest BCUT2D eigenvalue weighted by Crippen LogP contribution is 2.41. The minimum atomic E-state index is -0.236. The van der Waals surface area contributed by atoms with E-state index in [1.54, 1.807) is 44.3 Å². The Morgan fingerprint density at radius 2 is 1.73 bits per heavy atom. The molecule has 0 unspecified atom stereocenters. The Kier molecular flexibility index (Phi) is 6.44. The van der Waals surface area contributed by atoms with E-state index in [9.17, 15) is 4.79 Å². The quantitative estimate of drug-likeness (QED) is 0.419. The van der Waals surface area contributed by atoms with Gasteiger partial charge in [-0.15, -0.1) is 0 Å². The van der Waals surface area contributed by atoms with Crippen LogP contribution in [-0.2, 0) is 6.54 Å². The Morgan fingerprint density at radius 3 is 2.39 bits per heavy atom. The third-order valence-corrected chi connectivity index (χ3v) is 5.31. The van der Waals surface area contributed by atoms with Crippen LogP contribution in [0, 0.1) is 0 Å². The van der Waals surface area contributed by atoms with Gasteiger partial charge in [-0.1, -0.05) is 25.1 Å². The number of hydrogen-bond acceptors (Lipinski definition) is 6. The largest absolute Gasteiger partial charge is 0.493 e. The monoisotopic (exact) mass is 446 g/mol. The molecule has 0 fully saturated rings. The lowest BCUT2D eigenvalue weighted by Crippen LogP contribution is -2.16. The number of carbonyl (C=O) groups excluding carboxylic acids is 1. The molecule has 4 rings (SSSR count). The maximum atomic E-state index is 13.4. The molecule has 8 nitrogen and oxygen atoms in total. The minimum absolute atomic E-state index is 0.236. The van der Waals surface area contributed by atoms with Crippen LogP contribution in [0.2, 0.25) is 0 Å². The number of nitrogens with zero attached hydrogens (tertiary/aromatic N) is 3. The van der Waals surface area contributed by atoms with Crippen molar-refractivity contribution in [2.75, 3.05) is 26.6 Å². The number of aromatic nitrogens is 3. The van der Waals surface area contributed by atoms with Crippen molar-refractivity contribution >= 4 is 22.6 Å². The number of amides is 1. The van der Waals surface area contributed by atoms with E-state index in [-0.39, 0.29) is 5.91 Å². The molecule has 0 saturated heterocycles. The fourth-order valence-corrected chi connectivity index (χ4v) is 3.75. The number of methoxy groups -OCH3 is 3. The van der Waals surface area contributed by atoms with Gasteiger partial charge in [-0.25, -0.2) is 9.67 Å². The van der Waals surface area contributed by atoms with Gasteiger partial charge in [-0.2, -0.15) is 5.10 Å². The predicted molar refractivity (Wildman–Crippen MR) is 127 cm³/mol. The molecule has 0 atom stereocenters. The molecule has 0 bridgehead atoms. The molecular formula is C25H26N4O4. The zero-order valence-corrected chi connectivity index (χ0v) is 19.1. The third kappa shape index (κ3) is 4.32. The summed E-state index contributed by atoms with van der Waals surface area (Å²) in [6.07, 6.45) is 2.59. The molecule has 0 radical (unpaired) electrons. The summed E-state index contributed by atoms with van der Waals surface area (Å²) in [5.74, 6) is 1.93. The van der Waals surface area contributed by atoms with Crippen molar-refractivity contribution < 1.29 is 19.0 Å². The Morgan fingerprint density at radius 1 is 1.00 bits per heavy atom. The van der Waals surface area contributed by atoms with E-state index in [1.807, 2.05) is 36.4 Å². The number of hydrogen-bond donors (Lipinski definition) is 1. The summed E-state index contributed by atoms with van der Waals surface area (Å²) in [5.41, 5.74) is 2.56. The second-order valence-corrected chi connectivity index (χ2v) is 7.38. The Balaban J connectivity index is 1.83. The normalized spacial score (nSPS) is 10.8. The van der Waals surface area contributed by atoms with Crippen molar-refractivity contribution in [2.45, 2.75) is 19.9 Å². The number of ether oxygens (including phenoxy) is 3. The van der Waals surface area contributed by atoms with Crippen LogP contribution in [0.3, 0.4) is 0 Å². The molecule has 8 heteroatoms. The highest BCUT2D eigenvalue weighted by Gasteiger charge is 2.19. The molecule has 1 amide bonds. The van der Waals surface area contributed by atoms with Crippen molar-refractivity contribution in [2.24, 2.45) is 0 Å². The van der Waals surface area contributed by atoms with Crippen LogP contribution in [-0.4, -0.2) is 42.0 Å². The maximum Gasteiger partial charge on any atom is 0.257 e. The fourth-order valence-electron chi connectivity index (χ4n) is 3.75. The molecule has 0 aliphatic rings. The Bertz CT molecular complexity index is 1270. The molecule has 2 heterocycles. The summed E-state index contributed by atoms with van der Waals surface area (Å²) >= 11 is 0. The molecule has 0 spiro atoms. The van der Waals surface area contributed by atoms with Crippen LogP contribution in [0.5, 0.6) is 17.2 Å². The van der Waals surface area contributed by atoms with Crippen molar-refractivity contribution in [1.29, 1.82) is 0 Å². The van der Waals surface area contributed by atoms with E-state index in [1.165, 1.54) is 0 Å². The molecule has 0 aliphatic carbocycles. The Hall–Kier alpha value is -4.07. The van der Waals surface area contributed by atoms with Crippen molar-refractivity contribution in [3.8, 4) is 28.5 Å². The lowest BCUT2D eigenvalue weighted by molar-refractivity contribution is 0.102. The number of nitrogens with one attached hydrogen (secondary N) is 1. The van der Waals surface area contributed by atoms with E-state index in [0.29, 0.717) is 39.8 Å². The number of pyridine rings is 1. The maximum absolute atomic E-state index is 13.4. The second-order valence-electron chi connectivity index (χ2n) is 7.38. The number of fused-ring (bicyclic) bond motifs is 1. The van der Waals surface area contributed by atoms with E-state index >= 15 is 0 Å². The van der Waals surface area contributed by atoms with Gasteiger partial charge in [0.1, 0.15) is 5.82 Å². The molecule has 4 aromatic rings. The zero-order valence-electron chi connectivity index (χ0n) is 19.1. The summed E-state index contributed by atoms with van der Waals surface area (Å²) in [6.45, 7) is 2.78. The van der Waals surface area contributed by atoms with Gasteiger partial charge < -0.3 is 19.5 Å². The second kappa shape index (κ2) is 9.60. The average molecular weight is 447 g/mol. The van der Waals surface area contributed by atoms with E-state index in [0.717, 1.165) is 23.9 Å². The van der Waals surface area contributed by atoms with Crippen LogP contribution in [0.1, 0.15) is 23.7 Å². The number of aryl methyl sites for hydroxylation is 1. The van der Waals surface area contributed by atoms with Crippen LogP contribution >= 0.6 is 0 Å². The first-order valence-corrected chi connectivity index (χ1v) is 10.6. The number of para-hydroxylation sites is 1. The fraction of sp³-hybridized carbons (Fsp3) is 0.240. The van der Waals surface area contributed by atoms with Gasteiger partial charge >= 0.3 is 0 Å². The van der Waals surface area contributed by atoms with E-state index in [4.69, 9.17) is 19.2 Å². The first-order chi connectivity index (χ1) is 16.1. The first-order valence-electron chi connectivity index (χ1n) is 10.6. The summed E-state index contributed by atoms with van der Waals surface area (Å²) in [7, 11) is 4.68. The molecule has 170 valence electrons. The summed E-state index contributed by atoms with van der Waals surface area (Å²) in [5, 5.41) is 8.03. The molecule has 2 aromatic carbocycles. The zero-order chi connectivity index (χ0) is 23.4. The highest BCUT2D eigenvalue weighted by molar-refractivity contribution is 6.12. The van der Waals surface area contributed by atoms with Gasteiger partial charge in [0.05, 0.1) is 44.3 Å². The molecule has 0 saturated carbocycles. The van der Waals surface area contributed by atoms with Crippen molar-refractivity contribution in [3.05, 3.63) is 60.3 Å². The topological polar surface area (TPSA) is 87.5 Å². The number of carbonyl (C=O) groups is 1. The summed E-state index contributed by atoms with van der Waals surface area (Å²) < 4.78 is 18.2. The van der Waals surface area contributed by atoms with Gasteiger partial charge in [0.2, 0.25) is 5.75 Å². The van der Waals surface area contributed by atoms with Crippen LogP contribution < -0.4 is 19.5 Å². The molecular weight excluding hydrogens is 420 g/mol. The van der Waals surface area contributed by atoms with Crippen LogP contribution in [0.15, 0.2) is 54.7 Å². The van der Waals surface area contributed by atoms with Crippen LogP contribution in [0.25, 0.3) is 22.2 Å². The van der Waals surface area contributed by atoms with Gasteiger partial charge in [-0.05, 0) is 30.7 Å². The number of anilines is 1. The van der Waals surface area contributed by atoms with Gasteiger partial charge in [0, 0.05) is 23.6 Å². The van der Waals surface area contributed by atoms with E-state index in [2.05, 4.69) is 17.3 Å². The average Bonchev–Trinajstić information content (AvgIpc) is 3.28. The number of rotatable bonds is 8. The lowest BCUT2D eigenvalue weighted by Gasteiger charge is -2.15. The highest BCUT2D eigenvalue weighted by atomic mass is 16.5. The molecule has 2 aromatic heterocycles. The SMILES string of the molecule is CCCn1nccc1NC(=O)c1cc(-c2cc(OC)c(OC)c(OC)c2)nc2ccccc12. The summed E-state index contributed by atoms with van der Waals surface area (Å²) in [6, 6.07) is 14.8. The van der Waals surface area contributed by atoms with E-state index < -0.39 is 0 Å². The first kappa shape index (κ1) is 22.1. The lowest BCUT2D eigenvalue weighted by atomic mass is 10.0. The third-order valence-electron chi connectivity index (χ3n) is 5.31. The van der Waals surface area contributed by atoms with Crippen LogP contribution in [0.4, 0.5) is 5.82 Å². The standard InChI is InChI=1S/C25H26N4O4/c1-5-12-29-23(10-11-26-29)28-25(30)18-15-20(27-19-9-7-6-8-17(18)19)16-13-21(31-2)24(33-4)22(14-16)32-3/h6-11,13-15H,5,12H2,1-4H3,(H,28,30).